The zero-order chi connectivity index (χ0) is 8.43. The molecule has 0 saturated carbocycles. The van der Waals surface area contributed by atoms with Crippen molar-refractivity contribution in [2.45, 2.75) is 4.90 Å². The molecule has 3 nitrogen and oxygen atoms in total. The van der Waals surface area contributed by atoms with E-state index in [1.807, 2.05) is 0 Å². The minimum atomic E-state index is -0.0671. The Balaban J connectivity index is 3.20. The van der Waals surface area contributed by atoms with E-state index in [1.165, 1.54) is 0 Å². The van der Waals surface area contributed by atoms with Crippen LogP contribution in [0, 0.1) is 5.41 Å². The maximum Gasteiger partial charge on any atom is 0.142 e. The number of nitrogen functional groups attached to an aromatic ring is 1. The van der Waals surface area contributed by atoms with E-state index >= 15 is 0 Å². The number of amidine groups is 1. The van der Waals surface area contributed by atoms with Crippen molar-refractivity contribution in [1.29, 1.82) is 5.41 Å². The fraction of sp³-hybridized carbons (Fsp3) is 0. The monoisotopic (exact) mass is 231 g/mol. The van der Waals surface area contributed by atoms with E-state index in [9.17, 15) is 0 Å². The van der Waals surface area contributed by atoms with Crippen LogP contribution in [-0.4, -0.2) is 10.8 Å². The van der Waals surface area contributed by atoms with Crippen LogP contribution in [0.2, 0.25) is 0 Å². The maximum absolute atomic E-state index is 7.10. The number of halogens is 1. The molecule has 1 heterocycles. The van der Waals surface area contributed by atoms with Gasteiger partial charge < -0.3 is 5.73 Å². The quantitative estimate of drug-likeness (QED) is 0.389. The summed E-state index contributed by atoms with van der Waals surface area (Å²) in [5.74, 6) is -0.0671. The molecule has 5 heteroatoms. The minimum absolute atomic E-state index is 0.0671. The van der Waals surface area contributed by atoms with Gasteiger partial charge in [-0.2, -0.15) is 0 Å². The lowest BCUT2D eigenvalue weighted by Crippen LogP contribution is -2.13. The summed E-state index contributed by atoms with van der Waals surface area (Å²) in [6.07, 6.45) is 1.58. The third kappa shape index (κ3) is 1.94. The molecular weight excluding hydrogens is 226 g/mol. The molecule has 58 valence electrons. The second-order valence-corrected chi connectivity index (χ2v) is 3.33. The number of rotatable bonds is 1. The van der Waals surface area contributed by atoms with E-state index < -0.39 is 0 Å². The summed E-state index contributed by atoms with van der Waals surface area (Å²) in [5, 5.41) is 7.10. The number of nitrogens with one attached hydrogen (secondary N) is 1. The zero-order valence-corrected chi connectivity index (χ0v) is 7.98. The second kappa shape index (κ2) is 3.23. The van der Waals surface area contributed by atoms with Crippen molar-refractivity contribution in [3.63, 3.8) is 0 Å². The van der Waals surface area contributed by atoms with E-state index in [0.29, 0.717) is 10.6 Å². The van der Waals surface area contributed by atoms with E-state index in [0.717, 1.165) is 4.47 Å². The molecular formula is C6H6BrN3S. The Labute approximate surface area is 78.1 Å². The van der Waals surface area contributed by atoms with E-state index in [1.54, 1.807) is 12.3 Å². The van der Waals surface area contributed by atoms with Crippen molar-refractivity contribution in [2.24, 2.45) is 5.73 Å². The Hall–Kier alpha value is -0.550. The highest BCUT2D eigenvalue weighted by Crippen LogP contribution is 2.16. The molecule has 0 bridgehead atoms. The van der Waals surface area contributed by atoms with Crippen LogP contribution in [-0.2, 0) is 0 Å². The van der Waals surface area contributed by atoms with E-state index in [4.69, 9.17) is 11.1 Å². The predicted molar refractivity (Wildman–Crippen MR) is 50.2 cm³/mol. The van der Waals surface area contributed by atoms with Gasteiger partial charge in [0.15, 0.2) is 0 Å². The first-order valence-electron chi connectivity index (χ1n) is 2.80. The molecule has 0 aliphatic carbocycles. The molecule has 0 atom stereocenters. The molecule has 1 aromatic heterocycles. The summed E-state index contributed by atoms with van der Waals surface area (Å²) >= 11 is 7.32. The summed E-state index contributed by atoms with van der Waals surface area (Å²) in [5.41, 5.74) is 5.63. The third-order valence-corrected chi connectivity index (χ3v) is 1.86. The minimum Gasteiger partial charge on any atom is -0.382 e. The molecule has 0 amide bonds. The molecule has 0 saturated heterocycles. The van der Waals surface area contributed by atoms with Gasteiger partial charge in [0.2, 0.25) is 0 Å². The molecule has 0 aliphatic heterocycles. The van der Waals surface area contributed by atoms with Crippen LogP contribution in [0.5, 0.6) is 0 Å². The van der Waals surface area contributed by atoms with Gasteiger partial charge in [-0.25, -0.2) is 0 Å². The fourth-order valence-corrected chi connectivity index (χ4v) is 1.46. The first-order valence-corrected chi connectivity index (χ1v) is 4.04. The molecule has 3 N–H and O–H groups in total. The number of pyridine rings is 1. The summed E-state index contributed by atoms with van der Waals surface area (Å²) in [7, 11) is 0. The van der Waals surface area contributed by atoms with Gasteiger partial charge in [0.25, 0.3) is 0 Å². The van der Waals surface area contributed by atoms with Crippen LogP contribution in [0.1, 0.15) is 5.69 Å². The number of hydrogen-bond donors (Lipinski definition) is 3. The van der Waals surface area contributed by atoms with Crippen LogP contribution in [0.25, 0.3) is 0 Å². The summed E-state index contributed by atoms with van der Waals surface area (Å²) in [6, 6.07) is 1.74. The van der Waals surface area contributed by atoms with Crippen molar-refractivity contribution in [2.75, 3.05) is 0 Å². The van der Waals surface area contributed by atoms with Crippen molar-refractivity contribution >= 4 is 34.4 Å². The van der Waals surface area contributed by atoms with Crippen LogP contribution < -0.4 is 5.73 Å². The normalized spacial score (nSPS) is 9.64. The molecule has 0 spiro atoms. The highest BCUT2D eigenvalue weighted by molar-refractivity contribution is 9.10. The highest BCUT2D eigenvalue weighted by atomic mass is 79.9. The van der Waals surface area contributed by atoms with Gasteiger partial charge in [-0.3, -0.25) is 10.4 Å². The number of aromatic nitrogens is 1. The van der Waals surface area contributed by atoms with Gasteiger partial charge in [-0.05, 0) is 22.0 Å². The zero-order valence-electron chi connectivity index (χ0n) is 5.50. The topological polar surface area (TPSA) is 62.8 Å². The summed E-state index contributed by atoms with van der Waals surface area (Å²) in [4.78, 5) is 4.51. The molecule has 0 aromatic carbocycles. The lowest BCUT2D eigenvalue weighted by Gasteiger charge is -2.00. The van der Waals surface area contributed by atoms with Crippen LogP contribution in [0.3, 0.4) is 0 Å². The van der Waals surface area contributed by atoms with Crippen molar-refractivity contribution in [1.82, 2.24) is 4.98 Å². The Kier molecular flexibility index (Phi) is 2.51. The number of hydrogen-bond acceptors (Lipinski definition) is 3. The second-order valence-electron chi connectivity index (χ2n) is 1.93. The molecule has 0 radical (unpaired) electrons. The van der Waals surface area contributed by atoms with Gasteiger partial charge in [0.05, 0.1) is 0 Å². The smallest absolute Gasteiger partial charge is 0.142 e. The summed E-state index contributed by atoms with van der Waals surface area (Å²) < 4.78 is 0.826. The van der Waals surface area contributed by atoms with E-state index in [-0.39, 0.29) is 5.84 Å². The molecule has 1 rings (SSSR count). The Bertz CT molecular complexity index is 300. The predicted octanol–water partition coefficient (Wildman–Crippen LogP) is 1.42. The fourth-order valence-electron chi connectivity index (χ4n) is 0.636. The third-order valence-electron chi connectivity index (χ3n) is 1.09. The van der Waals surface area contributed by atoms with Gasteiger partial charge in [-0.15, -0.1) is 12.6 Å². The molecule has 11 heavy (non-hydrogen) atoms. The number of thiol groups is 1. The molecule has 0 fully saturated rings. The SMILES string of the molecule is N=C(N)c1ncc(Br)cc1S. The van der Waals surface area contributed by atoms with Gasteiger partial charge in [0, 0.05) is 15.6 Å². The number of nitrogens with two attached hydrogens (primary N) is 1. The van der Waals surface area contributed by atoms with Gasteiger partial charge in [0.1, 0.15) is 11.5 Å². The highest BCUT2D eigenvalue weighted by Gasteiger charge is 2.02. The van der Waals surface area contributed by atoms with Crippen molar-refractivity contribution < 1.29 is 0 Å². The average molecular weight is 232 g/mol. The first-order chi connectivity index (χ1) is 5.11. The maximum atomic E-state index is 7.10. The lowest BCUT2D eigenvalue weighted by molar-refractivity contribution is 1.17. The molecule has 0 unspecified atom stereocenters. The van der Waals surface area contributed by atoms with Crippen molar-refractivity contribution in [3.8, 4) is 0 Å². The van der Waals surface area contributed by atoms with Crippen LogP contribution >= 0.6 is 28.6 Å². The molecule has 1 aromatic rings. The van der Waals surface area contributed by atoms with Gasteiger partial charge >= 0.3 is 0 Å². The van der Waals surface area contributed by atoms with Crippen LogP contribution in [0.4, 0.5) is 0 Å². The lowest BCUT2D eigenvalue weighted by atomic mass is 10.3. The number of nitrogens with zero attached hydrogens (tertiary/aromatic N) is 1. The Morgan fingerprint density at radius 3 is 2.82 bits per heavy atom. The first kappa shape index (κ1) is 8.55. The van der Waals surface area contributed by atoms with Crippen LogP contribution in [0.15, 0.2) is 21.6 Å². The van der Waals surface area contributed by atoms with E-state index in [2.05, 4.69) is 33.5 Å². The van der Waals surface area contributed by atoms with Gasteiger partial charge in [-0.1, -0.05) is 0 Å². The Morgan fingerprint density at radius 1 is 1.73 bits per heavy atom. The Morgan fingerprint density at radius 2 is 2.36 bits per heavy atom. The standard InChI is InChI=1S/C6H6BrN3S/c7-3-1-4(11)5(6(8)9)10-2-3/h1-2,11H,(H3,8,9). The molecule has 0 aliphatic rings. The van der Waals surface area contributed by atoms with Crippen molar-refractivity contribution in [3.05, 3.63) is 22.4 Å². The average Bonchev–Trinajstić information content (AvgIpc) is 1.85. The largest absolute Gasteiger partial charge is 0.382 e. The summed E-state index contributed by atoms with van der Waals surface area (Å²) in [6.45, 7) is 0.